The lowest BCUT2D eigenvalue weighted by Crippen LogP contribution is -2.54. The van der Waals surface area contributed by atoms with Crippen LogP contribution >= 0.6 is 0 Å². The lowest BCUT2D eigenvalue weighted by molar-refractivity contribution is -0.128. The highest BCUT2D eigenvalue weighted by Crippen LogP contribution is 2.28. The summed E-state index contributed by atoms with van der Waals surface area (Å²) in [4.78, 5) is 14.6. The fraction of sp³-hybridized carbons (Fsp3) is 0.938. The molecule has 1 amide bonds. The fourth-order valence-corrected chi connectivity index (χ4v) is 3.80. The van der Waals surface area contributed by atoms with E-state index in [-0.39, 0.29) is 11.9 Å². The number of hydrogen-bond acceptors (Lipinski definition) is 3. The minimum Gasteiger partial charge on any atom is -0.358 e. The van der Waals surface area contributed by atoms with Crippen molar-refractivity contribution in [1.82, 2.24) is 15.5 Å². The number of amides is 1. The molecule has 2 rings (SSSR count). The number of rotatable bonds is 5. The van der Waals surface area contributed by atoms with Gasteiger partial charge >= 0.3 is 0 Å². The van der Waals surface area contributed by atoms with E-state index >= 15 is 0 Å². The minimum absolute atomic E-state index is 0.124. The molecule has 20 heavy (non-hydrogen) atoms. The molecule has 2 aliphatic rings. The molecule has 4 nitrogen and oxygen atoms in total. The Morgan fingerprint density at radius 3 is 2.55 bits per heavy atom. The Bertz CT molecular complexity index is 300. The lowest BCUT2D eigenvalue weighted by Gasteiger charge is -2.43. The molecule has 0 aromatic heterocycles. The van der Waals surface area contributed by atoms with Gasteiger partial charge in [-0.25, -0.2) is 0 Å². The molecule has 0 aromatic carbocycles. The third kappa shape index (κ3) is 3.95. The van der Waals surface area contributed by atoms with E-state index in [1.54, 1.807) is 7.05 Å². The first-order chi connectivity index (χ1) is 9.76. The van der Waals surface area contributed by atoms with Crippen molar-refractivity contribution in [2.24, 2.45) is 0 Å². The van der Waals surface area contributed by atoms with E-state index < -0.39 is 0 Å². The standard InChI is InChI=1S/C16H31N3O/c1-3-11-18-13-7-9-14(10-8-13)19-12-5-4-6-15(19)16(20)17-2/h13-15,18H,3-12H2,1-2H3,(H,17,20). The van der Waals surface area contributed by atoms with E-state index in [0.717, 1.165) is 19.5 Å². The van der Waals surface area contributed by atoms with Crippen LogP contribution in [-0.4, -0.2) is 49.1 Å². The second-order valence-electron chi connectivity index (χ2n) is 6.32. The number of nitrogens with zero attached hydrogens (tertiary/aromatic N) is 1. The molecule has 0 bridgehead atoms. The number of hydrogen-bond donors (Lipinski definition) is 2. The second kappa shape index (κ2) is 7.99. The summed E-state index contributed by atoms with van der Waals surface area (Å²) in [6, 6.07) is 1.45. The van der Waals surface area contributed by atoms with Crippen molar-refractivity contribution >= 4 is 5.91 Å². The smallest absolute Gasteiger partial charge is 0.237 e. The number of likely N-dealkylation sites (tertiary alicyclic amines) is 1. The summed E-state index contributed by atoms with van der Waals surface area (Å²) < 4.78 is 0. The summed E-state index contributed by atoms with van der Waals surface area (Å²) in [7, 11) is 1.76. The molecular formula is C16H31N3O. The van der Waals surface area contributed by atoms with Gasteiger partial charge in [0.25, 0.3) is 0 Å². The van der Waals surface area contributed by atoms with Crippen molar-refractivity contribution in [1.29, 1.82) is 0 Å². The molecule has 116 valence electrons. The molecule has 2 fully saturated rings. The largest absolute Gasteiger partial charge is 0.358 e. The van der Waals surface area contributed by atoms with Crippen LogP contribution < -0.4 is 10.6 Å². The van der Waals surface area contributed by atoms with Crippen LogP contribution in [0.25, 0.3) is 0 Å². The zero-order valence-corrected chi connectivity index (χ0v) is 13.2. The van der Waals surface area contributed by atoms with E-state index in [2.05, 4.69) is 22.5 Å². The quantitative estimate of drug-likeness (QED) is 0.809. The maximum Gasteiger partial charge on any atom is 0.237 e. The van der Waals surface area contributed by atoms with Gasteiger partial charge in [-0.2, -0.15) is 0 Å². The highest BCUT2D eigenvalue weighted by Gasteiger charge is 2.34. The van der Waals surface area contributed by atoms with Gasteiger partial charge in [0.1, 0.15) is 0 Å². The topological polar surface area (TPSA) is 44.4 Å². The van der Waals surface area contributed by atoms with E-state index in [1.807, 2.05) is 0 Å². The van der Waals surface area contributed by atoms with E-state index in [4.69, 9.17) is 0 Å². The predicted molar refractivity (Wildman–Crippen MR) is 82.7 cm³/mol. The molecular weight excluding hydrogens is 250 g/mol. The van der Waals surface area contributed by atoms with Gasteiger partial charge in [-0.1, -0.05) is 13.3 Å². The summed E-state index contributed by atoms with van der Waals surface area (Å²) in [6.45, 7) is 4.47. The van der Waals surface area contributed by atoms with Gasteiger partial charge in [0.2, 0.25) is 5.91 Å². The van der Waals surface area contributed by atoms with Crippen molar-refractivity contribution in [2.45, 2.75) is 76.4 Å². The van der Waals surface area contributed by atoms with E-state index in [0.29, 0.717) is 12.1 Å². The highest BCUT2D eigenvalue weighted by atomic mass is 16.2. The summed E-state index contributed by atoms with van der Waals surface area (Å²) in [6.07, 6.45) is 9.72. The monoisotopic (exact) mass is 281 g/mol. The molecule has 0 aromatic rings. The average Bonchev–Trinajstić information content (AvgIpc) is 2.52. The third-order valence-electron chi connectivity index (χ3n) is 4.94. The van der Waals surface area contributed by atoms with Gasteiger partial charge in [-0.3, -0.25) is 9.69 Å². The van der Waals surface area contributed by atoms with Crippen molar-refractivity contribution in [3.63, 3.8) is 0 Å². The van der Waals surface area contributed by atoms with Crippen LogP contribution in [0.1, 0.15) is 58.3 Å². The van der Waals surface area contributed by atoms with Crippen molar-refractivity contribution < 1.29 is 4.79 Å². The van der Waals surface area contributed by atoms with E-state index in [1.165, 1.54) is 44.9 Å². The summed E-state index contributed by atoms with van der Waals surface area (Å²) in [5, 5.41) is 6.49. The Morgan fingerprint density at radius 2 is 1.90 bits per heavy atom. The van der Waals surface area contributed by atoms with Crippen LogP contribution in [0.4, 0.5) is 0 Å². The number of carbonyl (C=O) groups is 1. The maximum absolute atomic E-state index is 12.1. The van der Waals surface area contributed by atoms with Crippen LogP contribution in [0.2, 0.25) is 0 Å². The van der Waals surface area contributed by atoms with Gasteiger partial charge in [0.15, 0.2) is 0 Å². The second-order valence-corrected chi connectivity index (χ2v) is 6.32. The highest BCUT2D eigenvalue weighted by molar-refractivity contribution is 5.81. The molecule has 1 saturated heterocycles. The van der Waals surface area contributed by atoms with Crippen LogP contribution in [0.3, 0.4) is 0 Å². The molecule has 1 atom stereocenters. The zero-order valence-electron chi connectivity index (χ0n) is 13.2. The molecule has 1 aliphatic heterocycles. The first kappa shape index (κ1) is 15.8. The number of carbonyl (C=O) groups excluding carboxylic acids is 1. The molecule has 1 heterocycles. The SMILES string of the molecule is CCCNC1CCC(N2CCCCC2C(=O)NC)CC1. The molecule has 1 saturated carbocycles. The van der Waals surface area contributed by atoms with Crippen molar-refractivity contribution in [3.8, 4) is 0 Å². The number of piperidine rings is 1. The first-order valence-electron chi connectivity index (χ1n) is 8.47. The van der Waals surface area contributed by atoms with Gasteiger partial charge in [0.05, 0.1) is 6.04 Å². The molecule has 1 unspecified atom stereocenters. The van der Waals surface area contributed by atoms with Crippen molar-refractivity contribution in [2.75, 3.05) is 20.1 Å². The molecule has 4 heteroatoms. The van der Waals surface area contributed by atoms with Gasteiger partial charge in [0, 0.05) is 19.1 Å². The predicted octanol–water partition coefficient (Wildman–Crippen LogP) is 1.90. The number of nitrogens with one attached hydrogen (secondary N) is 2. The fourth-order valence-electron chi connectivity index (χ4n) is 3.80. The van der Waals surface area contributed by atoms with Crippen LogP contribution in [0.15, 0.2) is 0 Å². The van der Waals surface area contributed by atoms with Crippen LogP contribution in [0, 0.1) is 0 Å². The Morgan fingerprint density at radius 1 is 1.15 bits per heavy atom. The molecule has 0 spiro atoms. The Hall–Kier alpha value is -0.610. The molecule has 0 radical (unpaired) electrons. The van der Waals surface area contributed by atoms with Gasteiger partial charge in [-0.05, 0) is 58.0 Å². The molecule has 2 N–H and O–H groups in total. The van der Waals surface area contributed by atoms with Crippen LogP contribution in [0.5, 0.6) is 0 Å². The van der Waals surface area contributed by atoms with Crippen LogP contribution in [-0.2, 0) is 4.79 Å². The maximum atomic E-state index is 12.1. The zero-order chi connectivity index (χ0) is 14.4. The number of likely N-dealkylation sites (N-methyl/N-ethyl adjacent to an activating group) is 1. The van der Waals surface area contributed by atoms with Crippen molar-refractivity contribution in [3.05, 3.63) is 0 Å². The minimum atomic E-state index is 0.124. The Kier molecular flexibility index (Phi) is 6.30. The normalized spacial score (nSPS) is 32.0. The van der Waals surface area contributed by atoms with E-state index in [9.17, 15) is 4.79 Å². The summed E-state index contributed by atoms with van der Waals surface area (Å²) in [5.74, 6) is 0.218. The first-order valence-corrected chi connectivity index (χ1v) is 8.47. The lowest BCUT2D eigenvalue weighted by atomic mass is 9.87. The average molecular weight is 281 g/mol. The van der Waals surface area contributed by atoms with Gasteiger partial charge in [-0.15, -0.1) is 0 Å². The summed E-state index contributed by atoms with van der Waals surface area (Å²) in [5.41, 5.74) is 0. The Balaban J connectivity index is 1.85. The third-order valence-corrected chi connectivity index (χ3v) is 4.94. The molecule has 1 aliphatic carbocycles. The Labute approximate surface area is 123 Å². The van der Waals surface area contributed by atoms with Gasteiger partial charge < -0.3 is 10.6 Å². The summed E-state index contributed by atoms with van der Waals surface area (Å²) >= 11 is 0.